The summed E-state index contributed by atoms with van der Waals surface area (Å²) in [5.41, 5.74) is 5.92. The summed E-state index contributed by atoms with van der Waals surface area (Å²) in [5.74, 6) is -1.09. The summed E-state index contributed by atoms with van der Waals surface area (Å²) in [6, 6.07) is 3.87. The molecule has 0 atom stereocenters. The molecule has 100 valence electrons. The Morgan fingerprint density at radius 2 is 2.11 bits per heavy atom. The highest BCUT2D eigenvalue weighted by Crippen LogP contribution is 2.21. The van der Waals surface area contributed by atoms with Crippen molar-refractivity contribution in [1.82, 2.24) is 0 Å². The van der Waals surface area contributed by atoms with Crippen LogP contribution in [-0.4, -0.2) is 25.2 Å². The van der Waals surface area contributed by atoms with Gasteiger partial charge in [-0.1, -0.05) is 13.3 Å². The fourth-order valence-electron chi connectivity index (χ4n) is 1.34. The van der Waals surface area contributed by atoms with E-state index in [1.54, 1.807) is 0 Å². The van der Waals surface area contributed by atoms with Crippen LogP contribution in [0.15, 0.2) is 18.2 Å². The van der Waals surface area contributed by atoms with Crippen LogP contribution in [0.25, 0.3) is 0 Å². The van der Waals surface area contributed by atoms with Gasteiger partial charge in [0.1, 0.15) is 0 Å². The minimum Gasteiger partial charge on any atom is -0.478 e. The van der Waals surface area contributed by atoms with E-state index in [4.69, 9.17) is 10.8 Å². The standard InChI is InChI=1S/C11H16N2O4S/c1-2-3-6-18(16,17)13-10-5-4-8(11(14)15)7-9(10)12/h4-5,7,13H,2-3,6,12H2,1H3,(H,14,15). The van der Waals surface area contributed by atoms with Gasteiger partial charge in [0.2, 0.25) is 10.0 Å². The summed E-state index contributed by atoms with van der Waals surface area (Å²) in [7, 11) is -3.43. The maximum atomic E-state index is 11.6. The van der Waals surface area contributed by atoms with E-state index in [1.807, 2.05) is 6.92 Å². The first-order valence-electron chi connectivity index (χ1n) is 5.49. The normalized spacial score (nSPS) is 11.2. The molecular formula is C11H16N2O4S. The van der Waals surface area contributed by atoms with Gasteiger partial charge >= 0.3 is 5.97 Å². The van der Waals surface area contributed by atoms with Gasteiger partial charge in [0.25, 0.3) is 0 Å². The third-order valence-corrected chi connectivity index (χ3v) is 3.69. The van der Waals surface area contributed by atoms with E-state index in [2.05, 4.69) is 4.72 Å². The van der Waals surface area contributed by atoms with Crippen LogP contribution >= 0.6 is 0 Å². The van der Waals surface area contributed by atoms with E-state index in [0.29, 0.717) is 6.42 Å². The maximum Gasteiger partial charge on any atom is 0.335 e. The Balaban J connectivity index is 2.89. The molecule has 1 aromatic rings. The van der Waals surface area contributed by atoms with E-state index in [9.17, 15) is 13.2 Å². The Hall–Kier alpha value is -1.76. The fourth-order valence-corrected chi connectivity index (χ4v) is 2.63. The van der Waals surface area contributed by atoms with Crippen molar-refractivity contribution >= 4 is 27.4 Å². The molecule has 4 N–H and O–H groups in total. The van der Waals surface area contributed by atoms with Crippen molar-refractivity contribution in [2.75, 3.05) is 16.2 Å². The van der Waals surface area contributed by atoms with Crippen molar-refractivity contribution in [1.29, 1.82) is 0 Å². The molecule has 0 heterocycles. The molecule has 7 heteroatoms. The molecule has 0 aliphatic rings. The zero-order chi connectivity index (χ0) is 13.8. The van der Waals surface area contributed by atoms with E-state index in [-0.39, 0.29) is 22.7 Å². The first-order chi connectivity index (χ1) is 8.35. The van der Waals surface area contributed by atoms with Gasteiger partial charge in [0, 0.05) is 0 Å². The summed E-state index contributed by atoms with van der Waals surface area (Å²) >= 11 is 0. The smallest absolute Gasteiger partial charge is 0.335 e. The van der Waals surface area contributed by atoms with Crippen molar-refractivity contribution in [3.05, 3.63) is 23.8 Å². The average molecular weight is 272 g/mol. The number of carbonyl (C=O) groups is 1. The van der Waals surface area contributed by atoms with E-state index in [0.717, 1.165) is 6.42 Å². The Bertz CT molecular complexity index is 540. The lowest BCUT2D eigenvalue weighted by Crippen LogP contribution is -2.17. The molecule has 0 spiro atoms. The molecule has 18 heavy (non-hydrogen) atoms. The topological polar surface area (TPSA) is 109 Å². The van der Waals surface area contributed by atoms with Gasteiger partial charge in [0.05, 0.1) is 22.7 Å². The van der Waals surface area contributed by atoms with Crippen LogP contribution in [0.2, 0.25) is 0 Å². The Morgan fingerprint density at radius 3 is 2.61 bits per heavy atom. The van der Waals surface area contributed by atoms with Crippen LogP contribution in [0.4, 0.5) is 11.4 Å². The van der Waals surface area contributed by atoms with E-state index >= 15 is 0 Å². The third-order valence-electron chi connectivity index (χ3n) is 2.33. The molecule has 0 bridgehead atoms. The van der Waals surface area contributed by atoms with Crippen molar-refractivity contribution in [3.8, 4) is 0 Å². The number of hydrogen-bond acceptors (Lipinski definition) is 4. The Morgan fingerprint density at radius 1 is 1.44 bits per heavy atom. The fraction of sp³-hybridized carbons (Fsp3) is 0.364. The summed E-state index contributed by atoms with van der Waals surface area (Å²) in [6.07, 6.45) is 1.33. The second-order valence-electron chi connectivity index (χ2n) is 3.88. The van der Waals surface area contributed by atoms with Crippen molar-refractivity contribution in [2.45, 2.75) is 19.8 Å². The highest BCUT2D eigenvalue weighted by atomic mass is 32.2. The quantitative estimate of drug-likeness (QED) is 0.680. The largest absolute Gasteiger partial charge is 0.478 e. The first kappa shape index (κ1) is 14.3. The van der Waals surface area contributed by atoms with Crippen molar-refractivity contribution < 1.29 is 18.3 Å². The zero-order valence-corrected chi connectivity index (χ0v) is 10.8. The molecule has 0 saturated heterocycles. The van der Waals surface area contributed by atoms with Crippen molar-refractivity contribution in [3.63, 3.8) is 0 Å². The van der Waals surface area contributed by atoms with Gasteiger partial charge in [-0.2, -0.15) is 0 Å². The van der Waals surface area contributed by atoms with Crippen LogP contribution in [0.5, 0.6) is 0 Å². The molecule has 0 unspecified atom stereocenters. The van der Waals surface area contributed by atoms with Gasteiger partial charge in [-0.15, -0.1) is 0 Å². The average Bonchev–Trinajstić information content (AvgIpc) is 2.29. The van der Waals surface area contributed by atoms with Crippen molar-refractivity contribution in [2.24, 2.45) is 0 Å². The van der Waals surface area contributed by atoms with Crippen LogP contribution in [0.3, 0.4) is 0 Å². The maximum absolute atomic E-state index is 11.6. The number of carboxylic acid groups (broad SMARTS) is 1. The van der Waals surface area contributed by atoms with Crippen LogP contribution < -0.4 is 10.5 Å². The van der Waals surface area contributed by atoms with Crippen LogP contribution in [0.1, 0.15) is 30.1 Å². The SMILES string of the molecule is CCCCS(=O)(=O)Nc1ccc(C(=O)O)cc1N. The Labute approximate surface area is 106 Å². The number of nitrogens with two attached hydrogens (primary N) is 1. The molecule has 0 radical (unpaired) electrons. The van der Waals surface area contributed by atoms with E-state index < -0.39 is 16.0 Å². The summed E-state index contributed by atoms with van der Waals surface area (Å²) < 4.78 is 25.6. The minimum atomic E-state index is -3.43. The second kappa shape index (κ2) is 5.72. The van der Waals surface area contributed by atoms with Gasteiger partial charge in [-0.25, -0.2) is 13.2 Å². The molecule has 0 aliphatic heterocycles. The molecule has 0 aliphatic carbocycles. The predicted molar refractivity (Wildman–Crippen MR) is 70.1 cm³/mol. The molecule has 0 saturated carbocycles. The van der Waals surface area contributed by atoms with Gasteiger partial charge in [0.15, 0.2) is 0 Å². The minimum absolute atomic E-state index is 0.0175. The number of unbranched alkanes of at least 4 members (excludes halogenated alkanes) is 1. The second-order valence-corrected chi connectivity index (χ2v) is 5.72. The first-order valence-corrected chi connectivity index (χ1v) is 7.14. The van der Waals surface area contributed by atoms with Gasteiger partial charge < -0.3 is 10.8 Å². The third kappa shape index (κ3) is 3.92. The molecule has 0 aromatic heterocycles. The number of aromatic carboxylic acids is 1. The molecule has 1 aromatic carbocycles. The molecule has 0 amide bonds. The number of benzene rings is 1. The number of anilines is 2. The highest BCUT2D eigenvalue weighted by Gasteiger charge is 2.13. The van der Waals surface area contributed by atoms with Crippen LogP contribution in [0, 0.1) is 0 Å². The lowest BCUT2D eigenvalue weighted by Gasteiger charge is -2.10. The summed E-state index contributed by atoms with van der Waals surface area (Å²) in [6.45, 7) is 1.89. The predicted octanol–water partition coefficient (Wildman–Crippen LogP) is 1.51. The number of rotatable bonds is 6. The molecule has 0 fully saturated rings. The van der Waals surface area contributed by atoms with E-state index in [1.165, 1.54) is 18.2 Å². The molecule has 6 nitrogen and oxygen atoms in total. The number of nitrogen functional groups attached to an aromatic ring is 1. The zero-order valence-electron chi connectivity index (χ0n) is 10.0. The Kier molecular flexibility index (Phi) is 4.55. The number of hydrogen-bond donors (Lipinski definition) is 3. The summed E-state index contributed by atoms with van der Waals surface area (Å²) in [4.78, 5) is 10.7. The lowest BCUT2D eigenvalue weighted by atomic mass is 10.2. The van der Waals surface area contributed by atoms with Gasteiger partial charge in [-0.3, -0.25) is 4.72 Å². The lowest BCUT2D eigenvalue weighted by molar-refractivity contribution is 0.0697. The van der Waals surface area contributed by atoms with Gasteiger partial charge in [-0.05, 0) is 24.6 Å². The molecular weight excluding hydrogens is 256 g/mol. The van der Waals surface area contributed by atoms with Crippen LogP contribution in [-0.2, 0) is 10.0 Å². The number of sulfonamides is 1. The monoisotopic (exact) mass is 272 g/mol. The summed E-state index contributed by atoms with van der Waals surface area (Å²) in [5, 5.41) is 8.75. The highest BCUT2D eigenvalue weighted by molar-refractivity contribution is 7.92. The number of carboxylic acids is 1. The molecule has 1 rings (SSSR count). The number of nitrogens with one attached hydrogen (secondary N) is 1.